The number of hydrogen-bond donors (Lipinski definition) is 1. The third-order valence-electron chi connectivity index (χ3n) is 5.53. The van der Waals surface area contributed by atoms with E-state index in [9.17, 15) is 22.4 Å². The fourth-order valence-corrected chi connectivity index (χ4v) is 4.61. The molecule has 1 atom stereocenters. The van der Waals surface area contributed by atoms with E-state index in [4.69, 9.17) is 11.6 Å². The first-order valence-corrected chi connectivity index (χ1v) is 13.8. The average Bonchev–Trinajstić information content (AvgIpc) is 2.81. The molecule has 0 aliphatic rings. The number of unbranched alkanes of at least 4 members (excludes halogenated alkanes) is 1. The number of carbonyl (C=O) groups is 2. The molecule has 0 aromatic heterocycles. The fourth-order valence-electron chi connectivity index (χ4n) is 3.52. The molecule has 2 rings (SSSR count). The summed E-state index contributed by atoms with van der Waals surface area (Å²) in [5.41, 5.74) is 1.14. The molecule has 0 fully saturated rings. The second-order valence-corrected chi connectivity index (χ2v) is 10.7. The summed E-state index contributed by atoms with van der Waals surface area (Å²) in [6.45, 7) is 4.41. The van der Waals surface area contributed by atoms with Crippen molar-refractivity contribution in [2.75, 3.05) is 23.7 Å². The van der Waals surface area contributed by atoms with Gasteiger partial charge in [-0.05, 0) is 61.7 Å². The molecule has 0 aliphatic heterocycles. The molecule has 0 saturated carbocycles. The van der Waals surface area contributed by atoms with E-state index in [1.54, 1.807) is 43.3 Å². The van der Waals surface area contributed by atoms with Crippen molar-refractivity contribution in [3.63, 3.8) is 0 Å². The number of anilines is 1. The zero-order valence-electron chi connectivity index (χ0n) is 20.3. The number of rotatable bonds is 13. The van der Waals surface area contributed by atoms with Crippen LogP contribution < -0.4 is 9.62 Å². The first-order chi connectivity index (χ1) is 16.5. The van der Waals surface area contributed by atoms with E-state index in [2.05, 4.69) is 5.32 Å². The molecule has 7 nitrogen and oxygen atoms in total. The van der Waals surface area contributed by atoms with Crippen LogP contribution in [0.2, 0.25) is 5.02 Å². The Hall–Kier alpha value is -2.65. The molecule has 2 aromatic carbocycles. The van der Waals surface area contributed by atoms with Crippen LogP contribution in [0.3, 0.4) is 0 Å². The van der Waals surface area contributed by atoms with Crippen LogP contribution in [0.1, 0.15) is 45.1 Å². The molecular weight excluding hydrogens is 493 g/mol. The van der Waals surface area contributed by atoms with Crippen molar-refractivity contribution in [1.29, 1.82) is 0 Å². The maximum atomic E-state index is 13.3. The lowest BCUT2D eigenvalue weighted by molar-refractivity contribution is -0.140. The first-order valence-electron chi connectivity index (χ1n) is 11.6. The highest BCUT2D eigenvalue weighted by Crippen LogP contribution is 2.21. The molecule has 2 amide bonds. The number of hydrogen-bond acceptors (Lipinski definition) is 4. The Labute approximate surface area is 212 Å². The van der Waals surface area contributed by atoms with Gasteiger partial charge < -0.3 is 10.2 Å². The maximum Gasteiger partial charge on any atom is 0.242 e. The summed E-state index contributed by atoms with van der Waals surface area (Å²) in [5.74, 6) is -0.954. The van der Waals surface area contributed by atoms with Crippen LogP contribution in [0.5, 0.6) is 0 Å². The summed E-state index contributed by atoms with van der Waals surface area (Å²) in [6.07, 6.45) is 3.15. The summed E-state index contributed by atoms with van der Waals surface area (Å²) in [5, 5.41) is 3.33. The van der Waals surface area contributed by atoms with Crippen LogP contribution >= 0.6 is 11.6 Å². The summed E-state index contributed by atoms with van der Waals surface area (Å²) < 4.78 is 39.2. The summed E-state index contributed by atoms with van der Waals surface area (Å²) >= 11 is 5.91. The molecular formula is C25H33ClFN3O4S. The van der Waals surface area contributed by atoms with Crippen molar-refractivity contribution >= 4 is 39.1 Å². The van der Waals surface area contributed by atoms with Gasteiger partial charge in [-0.2, -0.15) is 0 Å². The van der Waals surface area contributed by atoms with Gasteiger partial charge in [-0.3, -0.25) is 13.9 Å². The average molecular weight is 526 g/mol. The fraction of sp³-hybridized carbons (Fsp3) is 0.440. The number of halogens is 2. The minimum absolute atomic E-state index is 0.0351. The zero-order chi connectivity index (χ0) is 26.0. The lowest BCUT2D eigenvalue weighted by atomic mass is 10.1. The summed E-state index contributed by atoms with van der Waals surface area (Å²) in [4.78, 5) is 27.3. The van der Waals surface area contributed by atoms with Gasteiger partial charge in [0.05, 0.1) is 11.9 Å². The Morgan fingerprint density at radius 3 is 2.26 bits per heavy atom. The van der Waals surface area contributed by atoms with E-state index in [0.717, 1.165) is 19.1 Å². The number of amides is 2. The van der Waals surface area contributed by atoms with Gasteiger partial charge in [0, 0.05) is 31.1 Å². The highest BCUT2D eigenvalue weighted by molar-refractivity contribution is 7.92. The van der Waals surface area contributed by atoms with Crippen molar-refractivity contribution in [3.8, 4) is 0 Å². The molecule has 10 heteroatoms. The third kappa shape index (κ3) is 9.14. The Kier molecular flexibility index (Phi) is 11.0. The van der Waals surface area contributed by atoms with E-state index >= 15 is 0 Å². The Balaban J connectivity index is 2.12. The van der Waals surface area contributed by atoms with Crippen LogP contribution in [0, 0.1) is 5.82 Å². The smallest absolute Gasteiger partial charge is 0.242 e. The van der Waals surface area contributed by atoms with Crippen LogP contribution in [-0.2, 0) is 26.2 Å². The molecule has 0 radical (unpaired) electrons. The molecule has 0 aliphatic carbocycles. The van der Waals surface area contributed by atoms with E-state index in [0.29, 0.717) is 22.8 Å². The van der Waals surface area contributed by atoms with Crippen molar-refractivity contribution in [3.05, 3.63) is 64.9 Å². The lowest BCUT2D eigenvalue weighted by Crippen LogP contribution is -2.48. The monoisotopic (exact) mass is 525 g/mol. The van der Waals surface area contributed by atoms with Gasteiger partial charge in [-0.15, -0.1) is 0 Å². The summed E-state index contributed by atoms with van der Waals surface area (Å²) in [6, 6.07) is 11.4. The van der Waals surface area contributed by atoms with Crippen molar-refractivity contribution in [1.82, 2.24) is 10.2 Å². The second kappa shape index (κ2) is 13.4. The zero-order valence-corrected chi connectivity index (χ0v) is 21.9. The number of nitrogens with zero attached hydrogens (tertiary/aromatic N) is 2. The van der Waals surface area contributed by atoms with E-state index in [1.807, 2.05) is 6.92 Å². The Morgan fingerprint density at radius 2 is 1.69 bits per heavy atom. The van der Waals surface area contributed by atoms with E-state index in [1.165, 1.54) is 21.3 Å². The van der Waals surface area contributed by atoms with Crippen molar-refractivity contribution < 1.29 is 22.4 Å². The van der Waals surface area contributed by atoms with Gasteiger partial charge in [0.2, 0.25) is 21.8 Å². The first kappa shape index (κ1) is 28.6. The quantitative estimate of drug-likeness (QED) is 0.394. The molecule has 0 spiro atoms. The minimum Gasteiger partial charge on any atom is -0.354 e. The Bertz CT molecular complexity index is 1080. The van der Waals surface area contributed by atoms with Gasteiger partial charge in [0.1, 0.15) is 11.9 Å². The number of benzene rings is 2. The highest BCUT2D eigenvalue weighted by atomic mass is 35.5. The van der Waals surface area contributed by atoms with Crippen molar-refractivity contribution in [2.45, 2.75) is 52.1 Å². The Morgan fingerprint density at radius 1 is 1.06 bits per heavy atom. The van der Waals surface area contributed by atoms with Crippen molar-refractivity contribution in [2.24, 2.45) is 0 Å². The van der Waals surface area contributed by atoms with Crippen LogP contribution in [0.4, 0.5) is 10.1 Å². The normalized spacial score (nSPS) is 12.1. The second-order valence-electron chi connectivity index (χ2n) is 8.38. The molecule has 192 valence electrons. The van der Waals surface area contributed by atoms with E-state index < -0.39 is 16.1 Å². The lowest BCUT2D eigenvalue weighted by Gasteiger charge is -2.29. The predicted molar refractivity (Wildman–Crippen MR) is 137 cm³/mol. The molecule has 35 heavy (non-hydrogen) atoms. The standard InChI is InChI=1S/C25H33ClFN3O4S/c1-4-5-16-28-25(32)19(2)29(18-20-8-12-22(27)13-9-20)24(31)7-6-17-30(35(3,33)34)23-14-10-21(26)11-15-23/h8-15,19H,4-7,16-18H2,1-3H3,(H,28,32). The molecule has 1 N–H and O–H groups in total. The predicted octanol–water partition coefficient (Wildman–Crippen LogP) is 4.36. The number of nitrogens with one attached hydrogen (secondary N) is 1. The SMILES string of the molecule is CCCCNC(=O)C(C)N(Cc1ccc(F)cc1)C(=O)CCCN(c1ccc(Cl)cc1)S(C)(=O)=O. The highest BCUT2D eigenvalue weighted by Gasteiger charge is 2.26. The maximum absolute atomic E-state index is 13.3. The minimum atomic E-state index is -3.58. The molecule has 0 bridgehead atoms. The van der Waals surface area contributed by atoms with E-state index in [-0.39, 0.29) is 43.6 Å². The topological polar surface area (TPSA) is 86.8 Å². The molecule has 0 heterocycles. The van der Waals surface area contributed by atoms with Gasteiger partial charge in [-0.1, -0.05) is 37.1 Å². The van der Waals surface area contributed by atoms with Crippen LogP contribution in [0.25, 0.3) is 0 Å². The van der Waals surface area contributed by atoms with Crippen LogP contribution in [-0.4, -0.2) is 50.5 Å². The third-order valence-corrected chi connectivity index (χ3v) is 6.98. The number of carbonyl (C=O) groups excluding carboxylic acids is 2. The number of sulfonamides is 1. The summed E-state index contributed by atoms with van der Waals surface area (Å²) in [7, 11) is -3.58. The molecule has 1 unspecified atom stereocenters. The van der Waals surface area contributed by atoms with Crippen LogP contribution in [0.15, 0.2) is 48.5 Å². The van der Waals surface area contributed by atoms with Gasteiger partial charge in [-0.25, -0.2) is 12.8 Å². The largest absolute Gasteiger partial charge is 0.354 e. The molecule has 2 aromatic rings. The van der Waals surface area contributed by atoms with Gasteiger partial charge in [0.25, 0.3) is 0 Å². The molecule has 0 saturated heterocycles. The van der Waals surface area contributed by atoms with Gasteiger partial charge in [0.15, 0.2) is 0 Å². The van der Waals surface area contributed by atoms with Gasteiger partial charge >= 0.3 is 0 Å².